The van der Waals surface area contributed by atoms with Gasteiger partial charge in [0.1, 0.15) is 5.69 Å². The molecule has 8 heteroatoms. The number of nitrogens with zero attached hydrogens (tertiary/aromatic N) is 2. The first kappa shape index (κ1) is 14.4. The van der Waals surface area contributed by atoms with Crippen molar-refractivity contribution in [2.45, 2.75) is 11.4 Å². The summed E-state index contributed by atoms with van der Waals surface area (Å²) in [6.07, 6.45) is 0.492. The Labute approximate surface area is 107 Å². The van der Waals surface area contributed by atoms with Crippen LogP contribution in [0.3, 0.4) is 0 Å². The highest BCUT2D eigenvalue weighted by molar-refractivity contribution is 7.99. The van der Waals surface area contributed by atoms with Gasteiger partial charge in [0, 0.05) is 18.4 Å². The zero-order chi connectivity index (χ0) is 13.5. The largest absolute Gasteiger partial charge is 0.464 e. The van der Waals surface area contributed by atoms with Gasteiger partial charge in [0.2, 0.25) is 0 Å². The van der Waals surface area contributed by atoms with Gasteiger partial charge < -0.3 is 9.84 Å². The smallest absolute Gasteiger partial charge is 0.356 e. The van der Waals surface area contributed by atoms with Crippen molar-refractivity contribution < 1.29 is 19.6 Å². The number of carbonyl (C=O) groups is 1. The average molecular weight is 272 g/mol. The molecule has 0 aliphatic rings. The lowest BCUT2D eigenvalue weighted by Gasteiger charge is -2.03. The number of aliphatic hydroxyl groups is 1. The molecule has 1 heterocycles. The monoisotopic (exact) mass is 272 g/mol. The highest BCUT2D eigenvalue weighted by atomic mass is 32.2. The SMILES string of the molecule is COC(=O)c1ccc([N+](=O)[O-])c(SCCCO)n1. The Morgan fingerprint density at radius 2 is 2.33 bits per heavy atom. The molecule has 0 radical (unpaired) electrons. The van der Waals surface area contributed by atoms with Crippen LogP contribution in [0, 0.1) is 10.1 Å². The number of hydrogen-bond donors (Lipinski definition) is 1. The summed E-state index contributed by atoms with van der Waals surface area (Å²) in [7, 11) is 1.21. The van der Waals surface area contributed by atoms with Crippen LogP contribution < -0.4 is 0 Å². The summed E-state index contributed by atoms with van der Waals surface area (Å²) < 4.78 is 4.50. The second-order valence-electron chi connectivity index (χ2n) is 3.20. The zero-order valence-corrected chi connectivity index (χ0v) is 10.5. The molecule has 0 saturated carbocycles. The third kappa shape index (κ3) is 3.67. The number of aliphatic hydroxyl groups excluding tert-OH is 1. The van der Waals surface area contributed by atoms with Gasteiger partial charge in [0.05, 0.1) is 12.0 Å². The Morgan fingerprint density at radius 1 is 1.61 bits per heavy atom. The fourth-order valence-corrected chi connectivity index (χ4v) is 2.05. The normalized spacial score (nSPS) is 10.1. The van der Waals surface area contributed by atoms with Crippen LogP contribution in [0.15, 0.2) is 17.2 Å². The molecule has 1 aromatic rings. The van der Waals surface area contributed by atoms with Crippen molar-refractivity contribution in [2.75, 3.05) is 19.5 Å². The summed E-state index contributed by atoms with van der Waals surface area (Å²) in [6, 6.07) is 2.47. The standard InChI is InChI=1S/C10H12N2O5S/c1-17-10(14)7-3-4-8(12(15)16)9(11-7)18-6-2-5-13/h3-4,13H,2,5-6H2,1H3. The lowest BCUT2D eigenvalue weighted by molar-refractivity contribution is -0.388. The van der Waals surface area contributed by atoms with Gasteiger partial charge in [-0.15, -0.1) is 0 Å². The van der Waals surface area contributed by atoms with Gasteiger partial charge in [-0.25, -0.2) is 9.78 Å². The highest BCUT2D eigenvalue weighted by Crippen LogP contribution is 2.27. The maximum absolute atomic E-state index is 11.3. The van der Waals surface area contributed by atoms with Crippen LogP contribution in [0.2, 0.25) is 0 Å². The van der Waals surface area contributed by atoms with Crippen LogP contribution in [-0.2, 0) is 4.74 Å². The molecule has 98 valence electrons. The average Bonchev–Trinajstić information content (AvgIpc) is 2.37. The highest BCUT2D eigenvalue weighted by Gasteiger charge is 2.19. The summed E-state index contributed by atoms with van der Waals surface area (Å²) in [6.45, 7) is -0.00249. The minimum Gasteiger partial charge on any atom is -0.464 e. The molecule has 0 spiro atoms. The number of rotatable bonds is 6. The topological polar surface area (TPSA) is 103 Å². The molecule has 0 unspecified atom stereocenters. The van der Waals surface area contributed by atoms with Gasteiger partial charge in [-0.2, -0.15) is 0 Å². The number of aromatic nitrogens is 1. The molecule has 0 amide bonds. The molecular weight excluding hydrogens is 260 g/mol. The van der Waals surface area contributed by atoms with Gasteiger partial charge in [-0.05, 0) is 12.5 Å². The predicted octanol–water partition coefficient (Wildman–Crippen LogP) is 1.25. The third-order valence-corrected chi connectivity index (χ3v) is 3.04. The van der Waals surface area contributed by atoms with Crippen LogP contribution >= 0.6 is 11.8 Å². The van der Waals surface area contributed by atoms with Gasteiger partial charge >= 0.3 is 11.7 Å². The summed E-state index contributed by atoms with van der Waals surface area (Å²) in [5.41, 5.74) is -0.139. The summed E-state index contributed by atoms with van der Waals surface area (Å²) in [4.78, 5) is 25.4. The zero-order valence-electron chi connectivity index (χ0n) is 9.66. The Balaban J connectivity index is 2.99. The number of nitro groups is 1. The van der Waals surface area contributed by atoms with E-state index in [0.717, 1.165) is 11.8 Å². The van der Waals surface area contributed by atoms with E-state index in [9.17, 15) is 14.9 Å². The Hall–Kier alpha value is -1.67. The van der Waals surface area contributed by atoms with Crippen LogP contribution in [0.1, 0.15) is 16.9 Å². The van der Waals surface area contributed by atoms with Crippen LogP contribution in [0.25, 0.3) is 0 Å². The van der Waals surface area contributed by atoms with E-state index in [2.05, 4.69) is 9.72 Å². The summed E-state index contributed by atoms with van der Waals surface area (Å²) in [5, 5.41) is 19.6. The quantitative estimate of drug-likeness (QED) is 0.273. The minimum atomic E-state index is -0.645. The van der Waals surface area contributed by atoms with Crippen molar-refractivity contribution in [3.63, 3.8) is 0 Å². The van der Waals surface area contributed by atoms with Gasteiger partial charge in [-0.1, -0.05) is 11.8 Å². The number of thioether (sulfide) groups is 1. The first-order valence-electron chi connectivity index (χ1n) is 5.07. The van der Waals surface area contributed by atoms with E-state index in [4.69, 9.17) is 5.11 Å². The molecule has 7 nitrogen and oxygen atoms in total. The molecule has 1 N–H and O–H groups in total. The Morgan fingerprint density at radius 3 is 2.89 bits per heavy atom. The summed E-state index contributed by atoms with van der Waals surface area (Å²) in [5.74, 6) is -0.163. The van der Waals surface area contributed by atoms with Crippen molar-refractivity contribution in [1.82, 2.24) is 4.98 Å². The number of hydrogen-bond acceptors (Lipinski definition) is 7. The second-order valence-corrected chi connectivity index (χ2v) is 4.28. The third-order valence-electron chi connectivity index (χ3n) is 1.97. The first-order chi connectivity index (χ1) is 8.60. The van der Waals surface area contributed by atoms with Crippen LogP contribution in [0.4, 0.5) is 5.69 Å². The molecule has 0 bridgehead atoms. The van der Waals surface area contributed by atoms with Gasteiger partial charge in [0.15, 0.2) is 5.03 Å². The van der Waals surface area contributed by atoms with Gasteiger partial charge in [-0.3, -0.25) is 10.1 Å². The number of ether oxygens (including phenoxy) is 1. The van der Waals surface area contributed by atoms with Crippen molar-refractivity contribution >= 4 is 23.4 Å². The molecular formula is C10H12N2O5S. The van der Waals surface area contributed by atoms with E-state index in [1.54, 1.807) is 0 Å². The van der Waals surface area contributed by atoms with Crippen molar-refractivity contribution in [1.29, 1.82) is 0 Å². The molecule has 18 heavy (non-hydrogen) atoms. The second kappa shape index (κ2) is 6.92. The van der Waals surface area contributed by atoms with Crippen molar-refractivity contribution in [3.05, 3.63) is 27.9 Å². The van der Waals surface area contributed by atoms with Crippen molar-refractivity contribution in [3.8, 4) is 0 Å². The fraction of sp³-hybridized carbons (Fsp3) is 0.400. The minimum absolute atomic E-state index is 0.00249. The van der Waals surface area contributed by atoms with Crippen molar-refractivity contribution in [2.24, 2.45) is 0 Å². The Kier molecular flexibility index (Phi) is 5.53. The molecule has 0 aliphatic heterocycles. The molecule has 1 rings (SSSR count). The lowest BCUT2D eigenvalue weighted by Crippen LogP contribution is -2.06. The molecule has 0 aromatic carbocycles. The van der Waals surface area contributed by atoms with Gasteiger partial charge in [0.25, 0.3) is 0 Å². The van der Waals surface area contributed by atoms with E-state index in [-0.39, 0.29) is 23.0 Å². The molecule has 0 aliphatic carbocycles. The lowest BCUT2D eigenvalue weighted by atomic mass is 10.3. The van der Waals surface area contributed by atoms with Crippen LogP contribution in [-0.4, -0.2) is 40.5 Å². The van der Waals surface area contributed by atoms with Crippen LogP contribution in [0.5, 0.6) is 0 Å². The maximum Gasteiger partial charge on any atom is 0.356 e. The van der Waals surface area contributed by atoms with E-state index in [0.29, 0.717) is 12.2 Å². The number of pyridine rings is 1. The van der Waals surface area contributed by atoms with E-state index >= 15 is 0 Å². The maximum atomic E-state index is 11.3. The molecule has 0 saturated heterocycles. The summed E-state index contributed by atoms with van der Waals surface area (Å²) >= 11 is 1.12. The first-order valence-corrected chi connectivity index (χ1v) is 6.06. The number of esters is 1. The number of methoxy groups -OCH3 is 1. The Bertz CT molecular complexity index is 452. The van der Waals surface area contributed by atoms with E-state index in [1.165, 1.54) is 19.2 Å². The molecule has 0 fully saturated rings. The predicted molar refractivity (Wildman–Crippen MR) is 64.7 cm³/mol. The number of carbonyl (C=O) groups excluding carboxylic acids is 1. The fourth-order valence-electron chi connectivity index (χ4n) is 1.13. The molecule has 1 aromatic heterocycles. The van der Waals surface area contributed by atoms with E-state index in [1.807, 2.05) is 0 Å². The van der Waals surface area contributed by atoms with E-state index < -0.39 is 10.9 Å². The molecule has 0 atom stereocenters.